The van der Waals surface area contributed by atoms with Crippen LogP contribution in [0.3, 0.4) is 0 Å². The Bertz CT molecular complexity index is 548. The summed E-state index contributed by atoms with van der Waals surface area (Å²) in [7, 11) is 0. The Morgan fingerprint density at radius 2 is 1.94 bits per heavy atom. The molecule has 1 aromatic heterocycles. The van der Waals surface area contributed by atoms with Crippen LogP contribution in [-0.2, 0) is 6.54 Å². The molecule has 1 heteroatoms. The van der Waals surface area contributed by atoms with Crippen LogP contribution in [0.15, 0.2) is 49.0 Å². The van der Waals surface area contributed by atoms with Gasteiger partial charge in [0.15, 0.2) is 0 Å². The molecule has 1 aliphatic heterocycles. The lowest BCUT2D eigenvalue weighted by Crippen LogP contribution is -1.99. The van der Waals surface area contributed by atoms with E-state index in [4.69, 9.17) is 0 Å². The predicted molar refractivity (Wildman–Crippen MR) is 72.0 cm³/mol. The molecule has 86 valence electrons. The monoisotopic (exact) mass is 223 g/mol. The van der Waals surface area contributed by atoms with Crippen molar-refractivity contribution in [2.24, 2.45) is 0 Å². The van der Waals surface area contributed by atoms with Crippen LogP contribution < -0.4 is 0 Å². The Hall–Kier alpha value is -1.76. The first-order valence-corrected chi connectivity index (χ1v) is 6.21. The number of hydrogen-bond acceptors (Lipinski definition) is 0. The zero-order chi connectivity index (χ0) is 11.8. The quantitative estimate of drug-likeness (QED) is 0.723. The first-order valence-electron chi connectivity index (χ1n) is 6.21. The molecule has 0 spiro atoms. The van der Waals surface area contributed by atoms with Gasteiger partial charge in [0, 0.05) is 17.9 Å². The van der Waals surface area contributed by atoms with Gasteiger partial charge in [-0.2, -0.15) is 0 Å². The largest absolute Gasteiger partial charge is 0.344 e. The summed E-state index contributed by atoms with van der Waals surface area (Å²) in [6.45, 7) is 7.68. The normalized spacial score (nSPS) is 18.1. The summed E-state index contributed by atoms with van der Waals surface area (Å²) in [6.07, 6.45) is 1.26. The lowest BCUT2D eigenvalue weighted by molar-refractivity contribution is 0.700. The van der Waals surface area contributed by atoms with E-state index in [0.29, 0.717) is 5.92 Å². The summed E-state index contributed by atoms with van der Waals surface area (Å²) in [5, 5.41) is 0. The minimum absolute atomic E-state index is 0.687. The third kappa shape index (κ3) is 1.62. The highest BCUT2D eigenvalue weighted by atomic mass is 15.0. The summed E-state index contributed by atoms with van der Waals surface area (Å²) in [5.74, 6) is 0.687. The molecule has 0 radical (unpaired) electrons. The molecule has 0 aliphatic carbocycles. The molecule has 1 atom stereocenters. The minimum Gasteiger partial charge on any atom is -0.344 e. The summed E-state index contributed by atoms with van der Waals surface area (Å²) in [6, 6.07) is 14.9. The first kappa shape index (κ1) is 10.4. The average molecular weight is 223 g/mol. The van der Waals surface area contributed by atoms with Crippen molar-refractivity contribution in [1.82, 2.24) is 4.57 Å². The van der Waals surface area contributed by atoms with Gasteiger partial charge in [0.25, 0.3) is 0 Å². The predicted octanol–water partition coefficient (Wildman–Crippen LogP) is 4.06. The zero-order valence-corrected chi connectivity index (χ0v) is 10.2. The van der Waals surface area contributed by atoms with E-state index in [0.717, 1.165) is 12.1 Å². The molecule has 1 aliphatic rings. The summed E-state index contributed by atoms with van der Waals surface area (Å²) in [5.41, 5.74) is 5.08. The second kappa shape index (κ2) is 3.92. The van der Waals surface area contributed by atoms with Crippen LogP contribution in [0.1, 0.15) is 36.2 Å². The fourth-order valence-corrected chi connectivity index (χ4v) is 2.68. The second-order valence-electron chi connectivity index (χ2n) is 4.83. The van der Waals surface area contributed by atoms with Gasteiger partial charge in [0.05, 0.1) is 0 Å². The van der Waals surface area contributed by atoms with Crippen LogP contribution in [0.4, 0.5) is 0 Å². The second-order valence-corrected chi connectivity index (χ2v) is 4.83. The Labute approximate surface area is 102 Å². The van der Waals surface area contributed by atoms with Crippen LogP contribution in [-0.4, -0.2) is 4.57 Å². The van der Waals surface area contributed by atoms with E-state index in [2.05, 4.69) is 54.5 Å². The maximum Gasteiger partial charge on any atom is 0.0482 e. The van der Waals surface area contributed by atoms with E-state index >= 15 is 0 Å². The number of hydrogen-bond donors (Lipinski definition) is 0. The molecule has 0 amide bonds. The zero-order valence-electron chi connectivity index (χ0n) is 10.2. The SMILES string of the molecule is C=C(c1ccccc1)c1ccc2n1CCC2C. The van der Waals surface area contributed by atoms with Gasteiger partial charge in [-0.3, -0.25) is 0 Å². The molecule has 0 saturated heterocycles. The Morgan fingerprint density at radius 1 is 1.18 bits per heavy atom. The maximum absolute atomic E-state index is 4.25. The Balaban J connectivity index is 2.01. The third-order valence-corrected chi connectivity index (χ3v) is 3.74. The highest BCUT2D eigenvalue weighted by Crippen LogP contribution is 2.33. The van der Waals surface area contributed by atoms with E-state index in [1.54, 1.807) is 0 Å². The van der Waals surface area contributed by atoms with E-state index in [1.165, 1.54) is 23.4 Å². The standard InChI is InChI=1S/C16H17N/c1-12-10-11-17-15(12)8-9-16(17)13(2)14-6-4-3-5-7-14/h3-9,12H,2,10-11H2,1H3. The molecule has 0 fully saturated rings. The molecule has 0 saturated carbocycles. The number of nitrogens with zero attached hydrogens (tertiary/aromatic N) is 1. The number of benzene rings is 1. The van der Waals surface area contributed by atoms with Gasteiger partial charge >= 0.3 is 0 Å². The fourth-order valence-electron chi connectivity index (χ4n) is 2.68. The Kier molecular flexibility index (Phi) is 2.40. The molecule has 0 bridgehead atoms. The average Bonchev–Trinajstić information content (AvgIpc) is 2.93. The molecule has 3 rings (SSSR count). The van der Waals surface area contributed by atoms with Crippen LogP contribution >= 0.6 is 0 Å². The highest BCUT2D eigenvalue weighted by molar-refractivity contribution is 5.76. The van der Waals surface area contributed by atoms with Crippen molar-refractivity contribution in [3.63, 3.8) is 0 Å². The minimum atomic E-state index is 0.687. The summed E-state index contributed by atoms with van der Waals surface area (Å²) < 4.78 is 2.42. The van der Waals surface area contributed by atoms with Gasteiger partial charge in [-0.15, -0.1) is 0 Å². The topological polar surface area (TPSA) is 4.93 Å². The van der Waals surface area contributed by atoms with Crippen molar-refractivity contribution < 1.29 is 0 Å². The molecule has 17 heavy (non-hydrogen) atoms. The van der Waals surface area contributed by atoms with Gasteiger partial charge in [0.1, 0.15) is 0 Å². The van der Waals surface area contributed by atoms with Gasteiger partial charge in [0.2, 0.25) is 0 Å². The molecular formula is C16H17N. The van der Waals surface area contributed by atoms with Crippen molar-refractivity contribution >= 4 is 5.57 Å². The molecule has 0 N–H and O–H groups in total. The first-order chi connectivity index (χ1) is 8.27. The van der Waals surface area contributed by atoms with Crippen LogP contribution in [0.25, 0.3) is 5.57 Å². The molecule has 1 unspecified atom stereocenters. The number of rotatable bonds is 2. The van der Waals surface area contributed by atoms with Crippen molar-refractivity contribution in [3.05, 3.63) is 66.0 Å². The van der Waals surface area contributed by atoms with Crippen molar-refractivity contribution in [1.29, 1.82) is 0 Å². The van der Waals surface area contributed by atoms with Gasteiger partial charge < -0.3 is 4.57 Å². The number of fused-ring (bicyclic) bond motifs is 1. The maximum atomic E-state index is 4.25. The molecule has 2 aromatic rings. The highest BCUT2D eigenvalue weighted by Gasteiger charge is 2.21. The molecular weight excluding hydrogens is 206 g/mol. The van der Waals surface area contributed by atoms with E-state index in [1.807, 2.05) is 6.07 Å². The van der Waals surface area contributed by atoms with Crippen molar-refractivity contribution in [2.45, 2.75) is 25.8 Å². The van der Waals surface area contributed by atoms with Crippen LogP contribution in [0, 0.1) is 0 Å². The van der Waals surface area contributed by atoms with Gasteiger partial charge in [-0.25, -0.2) is 0 Å². The van der Waals surface area contributed by atoms with Gasteiger partial charge in [-0.1, -0.05) is 43.8 Å². The summed E-state index contributed by atoms with van der Waals surface area (Å²) >= 11 is 0. The van der Waals surface area contributed by atoms with E-state index in [-0.39, 0.29) is 0 Å². The summed E-state index contributed by atoms with van der Waals surface area (Å²) in [4.78, 5) is 0. The van der Waals surface area contributed by atoms with Gasteiger partial charge in [-0.05, 0) is 35.6 Å². The third-order valence-electron chi connectivity index (χ3n) is 3.74. The lowest BCUT2D eigenvalue weighted by atomic mass is 10.0. The molecule has 2 heterocycles. The molecule has 1 nitrogen and oxygen atoms in total. The lowest BCUT2D eigenvalue weighted by Gasteiger charge is -2.09. The van der Waals surface area contributed by atoms with Crippen molar-refractivity contribution in [2.75, 3.05) is 0 Å². The van der Waals surface area contributed by atoms with Crippen molar-refractivity contribution in [3.8, 4) is 0 Å². The number of aromatic nitrogens is 1. The Morgan fingerprint density at radius 3 is 2.71 bits per heavy atom. The smallest absolute Gasteiger partial charge is 0.0482 e. The fraction of sp³-hybridized carbons (Fsp3) is 0.250. The van der Waals surface area contributed by atoms with E-state index in [9.17, 15) is 0 Å². The molecule has 1 aromatic carbocycles. The van der Waals surface area contributed by atoms with E-state index < -0.39 is 0 Å². The van der Waals surface area contributed by atoms with Crippen LogP contribution in [0.5, 0.6) is 0 Å². The van der Waals surface area contributed by atoms with Crippen LogP contribution in [0.2, 0.25) is 0 Å².